The second kappa shape index (κ2) is 5.92. The first-order valence-corrected chi connectivity index (χ1v) is 6.84. The molecule has 2 aromatic carbocycles. The molecule has 0 aromatic heterocycles. The van der Waals surface area contributed by atoms with Crippen LogP contribution in [0.3, 0.4) is 0 Å². The Balaban J connectivity index is 2.27. The summed E-state index contributed by atoms with van der Waals surface area (Å²) in [5.41, 5.74) is 7.99. The molecule has 0 saturated heterocycles. The van der Waals surface area contributed by atoms with Crippen molar-refractivity contribution in [1.29, 1.82) is 0 Å². The second-order valence-corrected chi connectivity index (χ2v) is 5.49. The summed E-state index contributed by atoms with van der Waals surface area (Å²) in [5.74, 6) is -0.299. The Morgan fingerprint density at radius 2 is 1.75 bits per heavy atom. The van der Waals surface area contributed by atoms with Gasteiger partial charge in [0.15, 0.2) is 0 Å². The van der Waals surface area contributed by atoms with Gasteiger partial charge >= 0.3 is 0 Å². The lowest BCUT2D eigenvalue weighted by atomic mass is 10.1. The monoisotopic (exact) mass is 328 g/mol. The summed E-state index contributed by atoms with van der Waals surface area (Å²) in [6, 6.07) is 7.99. The van der Waals surface area contributed by atoms with Gasteiger partial charge in [0.05, 0.1) is 20.8 Å². The van der Waals surface area contributed by atoms with E-state index in [4.69, 9.17) is 40.5 Å². The minimum absolute atomic E-state index is 0.299. The summed E-state index contributed by atoms with van der Waals surface area (Å²) in [4.78, 5) is 12.1. The Hall–Kier alpha value is -1.42. The SMILES string of the molecule is Cc1cc(N)c(Cl)cc1NC(=O)c1ccc(Cl)c(Cl)c1. The van der Waals surface area contributed by atoms with E-state index in [2.05, 4.69) is 5.32 Å². The van der Waals surface area contributed by atoms with Gasteiger partial charge in [0.25, 0.3) is 5.91 Å². The highest BCUT2D eigenvalue weighted by Crippen LogP contribution is 2.28. The molecule has 0 heterocycles. The first kappa shape index (κ1) is 15.0. The number of hydrogen-bond donors (Lipinski definition) is 2. The summed E-state index contributed by atoms with van der Waals surface area (Å²) in [5, 5.41) is 3.87. The maximum Gasteiger partial charge on any atom is 0.255 e. The molecule has 0 spiro atoms. The van der Waals surface area contributed by atoms with Gasteiger partial charge in [-0.15, -0.1) is 0 Å². The van der Waals surface area contributed by atoms with Crippen molar-refractivity contribution in [3.05, 3.63) is 56.5 Å². The molecule has 3 N–H and O–H groups in total. The third-order valence-corrected chi connectivity index (χ3v) is 3.84. The van der Waals surface area contributed by atoms with Gasteiger partial charge in [0, 0.05) is 11.3 Å². The van der Waals surface area contributed by atoms with Gasteiger partial charge < -0.3 is 11.1 Å². The van der Waals surface area contributed by atoms with Crippen molar-refractivity contribution in [2.24, 2.45) is 0 Å². The van der Waals surface area contributed by atoms with Crippen LogP contribution < -0.4 is 11.1 Å². The van der Waals surface area contributed by atoms with Crippen LogP contribution in [0.2, 0.25) is 15.1 Å². The first-order chi connectivity index (χ1) is 9.38. The van der Waals surface area contributed by atoms with Crippen molar-refractivity contribution in [2.45, 2.75) is 6.92 Å². The topological polar surface area (TPSA) is 55.1 Å². The fourth-order valence-corrected chi connectivity index (χ4v) is 2.13. The number of amides is 1. The van der Waals surface area contributed by atoms with Crippen LogP contribution >= 0.6 is 34.8 Å². The number of nitrogens with two attached hydrogens (primary N) is 1. The Labute approximate surface area is 131 Å². The Morgan fingerprint density at radius 1 is 1.05 bits per heavy atom. The van der Waals surface area contributed by atoms with Crippen LogP contribution in [0, 0.1) is 6.92 Å². The Morgan fingerprint density at radius 3 is 2.40 bits per heavy atom. The van der Waals surface area contributed by atoms with E-state index in [1.54, 1.807) is 24.3 Å². The van der Waals surface area contributed by atoms with E-state index in [1.165, 1.54) is 6.07 Å². The zero-order chi connectivity index (χ0) is 14.9. The smallest absolute Gasteiger partial charge is 0.255 e. The van der Waals surface area contributed by atoms with Crippen molar-refractivity contribution >= 4 is 52.1 Å². The molecular formula is C14H11Cl3N2O. The average Bonchev–Trinajstić information content (AvgIpc) is 2.39. The lowest BCUT2D eigenvalue weighted by Crippen LogP contribution is -2.13. The number of halogens is 3. The molecule has 6 heteroatoms. The first-order valence-electron chi connectivity index (χ1n) is 5.70. The van der Waals surface area contributed by atoms with Gasteiger partial charge in [-0.3, -0.25) is 4.79 Å². The number of nitrogen functional groups attached to an aromatic ring is 1. The fourth-order valence-electron chi connectivity index (χ4n) is 1.67. The number of carbonyl (C=O) groups is 1. The number of aryl methyl sites for hydroxylation is 1. The molecule has 0 atom stereocenters. The lowest BCUT2D eigenvalue weighted by molar-refractivity contribution is 0.102. The molecule has 20 heavy (non-hydrogen) atoms. The van der Waals surface area contributed by atoms with Gasteiger partial charge in [-0.25, -0.2) is 0 Å². The van der Waals surface area contributed by atoms with Crippen LogP contribution in [0.25, 0.3) is 0 Å². The number of hydrogen-bond acceptors (Lipinski definition) is 2. The van der Waals surface area contributed by atoms with E-state index in [1.807, 2.05) is 6.92 Å². The van der Waals surface area contributed by atoms with Gasteiger partial charge in [0.2, 0.25) is 0 Å². The number of carbonyl (C=O) groups excluding carboxylic acids is 1. The van der Waals surface area contributed by atoms with E-state index in [-0.39, 0.29) is 5.91 Å². The largest absolute Gasteiger partial charge is 0.398 e. The zero-order valence-corrected chi connectivity index (χ0v) is 12.8. The lowest BCUT2D eigenvalue weighted by Gasteiger charge is -2.11. The Bertz CT molecular complexity index is 686. The number of rotatable bonds is 2. The van der Waals surface area contributed by atoms with Crippen molar-refractivity contribution < 1.29 is 4.79 Å². The molecule has 0 aliphatic rings. The average molecular weight is 330 g/mol. The summed E-state index contributed by atoms with van der Waals surface area (Å²) < 4.78 is 0. The summed E-state index contributed by atoms with van der Waals surface area (Å²) >= 11 is 17.6. The summed E-state index contributed by atoms with van der Waals surface area (Å²) in [6.45, 7) is 1.83. The van der Waals surface area contributed by atoms with Crippen LogP contribution in [-0.4, -0.2) is 5.91 Å². The molecule has 104 valence electrons. The van der Waals surface area contributed by atoms with Gasteiger partial charge in [-0.1, -0.05) is 34.8 Å². The number of benzene rings is 2. The van der Waals surface area contributed by atoms with Gasteiger partial charge in [-0.05, 0) is 42.8 Å². The molecule has 0 fully saturated rings. The van der Waals surface area contributed by atoms with E-state index < -0.39 is 0 Å². The quantitative estimate of drug-likeness (QED) is 0.778. The second-order valence-electron chi connectivity index (χ2n) is 4.27. The van der Waals surface area contributed by atoms with E-state index in [0.717, 1.165) is 5.56 Å². The van der Waals surface area contributed by atoms with Crippen molar-refractivity contribution in [3.8, 4) is 0 Å². The predicted molar refractivity (Wildman–Crippen MR) is 85.0 cm³/mol. The summed E-state index contributed by atoms with van der Waals surface area (Å²) in [7, 11) is 0. The van der Waals surface area contributed by atoms with Crippen molar-refractivity contribution in [1.82, 2.24) is 0 Å². The number of anilines is 2. The summed E-state index contributed by atoms with van der Waals surface area (Å²) in [6.07, 6.45) is 0. The molecule has 0 aliphatic carbocycles. The highest BCUT2D eigenvalue weighted by atomic mass is 35.5. The number of nitrogens with one attached hydrogen (secondary N) is 1. The van der Waals surface area contributed by atoms with Crippen LogP contribution in [0.1, 0.15) is 15.9 Å². The molecule has 0 bridgehead atoms. The minimum Gasteiger partial charge on any atom is -0.398 e. The molecule has 0 radical (unpaired) electrons. The predicted octanol–water partition coefficient (Wildman–Crippen LogP) is 4.79. The highest BCUT2D eigenvalue weighted by molar-refractivity contribution is 6.42. The Kier molecular flexibility index (Phi) is 4.43. The maximum absolute atomic E-state index is 12.1. The van der Waals surface area contributed by atoms with Crippen LogP contribution in [0.15, 0.2) is 30.3 Å². The maximum atomic E-state index is 12.1. The molecule has 1 amide bonds. The zero-order valence-electron chi connectivity index (χ0n) is 10.5. The van der Waals surface area contributed by atoms with Crippen LogP contribution in [0.4, 0.5) is 11.4 Å². The van der Waals surface area contributed by atoms with Crippen LogP contribution in [0.5, 0.6) is 0 Å². The van der Waals surface area contributed by atoms with E-state index in [9.17, 15) is 4.79 Å². The molecule has 0 aliphatic heterocycles. The van der Waals surface area contributed by atoms with E-state index >= 15 is 0 Å². The molecule has 3 nitrogen and oxygen atoms in total. The van der Waals surface area contributed by atoms with Crippen LogP contribution in [-0.2, 0) is 0 Å². The molecule has 0 saturated carbocycles. The van der Waals surface area contributed by atoms with Crippen molar-refractivity contribution in [2.75, 3.05) is 11.1 Å². The van der Waals surface area contributed by atoms with Crippen molar-refractivity contribution in [3.63, 3.8) is 0 Å². The van der Waals surface area contributed by atoms with Gasteiger partial charge in [0.1, 0.15) is 0 Å². The third kappa shape index (κ3) is 3.18. The molecular weight excluding hydrogens is 319 g/mol. The normalized spacial score (nSPS) is 10.4. The third-order valence-electron chi connectivity index (χ3n) is 2.77. The molecule has 2 aromatic rings. The van der Waals surface area contributed by atoms with Gasteiger partial charge in [-0.2, -0.15) is 0 Å². The molecule has 2 rings (SSSR count). The van der Waals surface area contributed by atoms with E-state index in [0.29, 0.717) is 32.0 Å². The standard InChI is InChI=1S/C14H11Cl3N2O/c1-7-4-12(18)11(17)6-13(7)19-14(20)8-2-3-9(15)10(16)5-8/h2-6H,18H2,1H3,(H,19,20). The highest BCUT2D eigenvalue weighted by Gasteiger charge is 2.11. The molecule has 0 unspecified atom stereocenters. The fraction of sp³-hybridized carbons (Fsp3) is 0.0714. The minimum atomic E-state index is -0.299.